The topological polar surface area (TPSA) is 85.3 Å². The second-order valence-electron chi connectivity index (χ2n) is 6.13. The molecule has 126 valence electrons. The van der Waals surface area contributed by atoms with Crippen LogP contribution in [0.5, 0.6) is 0 Å². The van der Waals surface area contributed by atoms with Gasteiger partial charge in [-0.3, -0.25) is 9.59 Å². The molecule has 1 aliphatic rings. The minimum atomic E-state index is -0.757. The van der Waals surface area contributed by atoms with Crippen LogP contribution >= 0.6 is 0 Å². The molecule has 3 aromatic rings. The van der Waals surface area contributed by atoms with E-state index in [1.807, 2.05) is 0 Å². The number of para-hydroxylation sites is 1. The van der Waals surface area contributed by atoms with E-state index in [1.54, 1.807) is 42.5 Å². The smallest absolute Gasteiger partial charge is 0.286 e. The van der Waals surface area contributed by atoms with E-state index < -0.39 is 5.91 Å². The molecule has 2 amide bonds. The Labute approximate surface area is 142 Å². The van der Waals surface area contributed by atoms with Gasteiger partial charge in [-0.2, -0.15) is 0 Å². The van der Waals surface area contributed by atoms with Crippen molar-refractivity contribution in [2.45, 2.75) is 12.3 Å². The van der Waals surface area contributed by atoms with Crippen molar-refractivity contribution in [3.63, 3.8) is 0 Å². The van der Waals surface area contributed by atoms with Gasteiger partial charge in [0.2, 0.25) is 11.7 Å². The quantitative estimate of drug-likeness (QED) is 0.764. The highest BCUT2D eigenvalue weighted by Gasteiger charge is 2.45. The molecule has 6 heteroatoms. The molecule has 0 bridgehead atoms. The maximum absolute atomic E-state index is 13.9. The summed E-state index contributed by atoms with van der Waals surface area (Å²) in [6.45, 7) is 0. The molecule has 4 rings (SSSR count). The Kier molecular flexibility index (Phi) is 3.53. The highest BCUT2D eigenvalue weighted by molar-refractivity contribution is 6.11. The average Bonchev–Trinajstić information content (AvgIpc) is 3.31. The van der Waals surface area contributed by atoms with Crippen molar-refractivity contribution in [1.29, 1.82) is 0 Å². The highest BCUT2D eigenvalue weighted by atomic mass is 19.1. The first-order valence-corrected chi connectivity index (χ1v) is 7.93. The number of carbonyl (C=O) groups excluding carboxylic acids is 2. The maximum atomic E-state index is 13.9. The fourth-order valence-electron chi connectivity index (χ4n) is 3.16. The van der Waals surface area contributed by atoms with Crippen molar-refractivity contribution in [3.8, 4) is 0 Å². The van der Waals surface area contributed by atoms with Gasteiger partial charge < -0.3 is 15.5 Å². The highest BCUT2D eigenvalue weighted by Crippen LogP contribution is 2.49. The van der Waals surface area contributed by atoms with Gasteiger partial charge in [-0.15, -0.1) is 0 Å². The van der Waals surface area contributed by atoms with Crippen molar-refractivity contribution in [3.05, 3.63) is 65.7 Å². The van der Waals surface area contributed by atoms with Crippen LogP contribution < -0.4 is 11.1 Å². The van der Waals surface area contributed by atoms with Gasteiger partial charge in [0.1, 0.15) is 17.1 Å². The van der Waals surface area contributed by atoms with Crippen molar-refractivity contribution in [2.24, 2.45) is 11.7 Å². The van der Waals surface area contributed by atoms with Crippen LogP contribution in [-0.4, -0.2) is 11.8 Å². The molecular weight excluding hydrogens is 323 g/mol. The third kappa shape index (κ3) is 2.65. The number of anilines is 1. The fraction of sp³-hybridized carbons (Fsp3) is 0.158. The minimum absolute atomic E-state index is 0.0855. The van der Waals surface area contributed by atoms with E-state index in [0.717, 1.165) is 0 Å². The number of rotatable bonds is 4. The molecule has 0 spiro atoms. The summed E-state index contributed by atoms with van der Waals surface area (Å²) in [5.41, 5.74) is 6.62. The molecule has 1 fully saturated rings. The van der Waals surface area contributed by atoms with Crippen LogP contribution in [-0.2, 0) is 4.79 Å². The number of hydrogen-bond donors (Lipinski definition) is 2. The zero-order valence-corrected chi connectivity index (χ0v) is 13.2. The molecule has 1 aliphatic carbocycles. The van der Waals surface area contributed by atoms with Gasteiger partial charge >= 0.3 is 0 Å². The molecular formula is C19H15FN2O3. The van der Waals surface area contributed by atoms with Gasteiger partial charge in [0, 0.05) is 11.3 Å². The van der Waals surface area contributed by atoms with Crippen LogP contribution in [0.1, 0.15) is 28.5 Å². The van der Waals surface area contributed by atoms with E-state index in [-0.39, 0.29) is 35.0 Å². The molecule has 1 heterocycles. The predicted molar refractivity (Wildman–Crippen MR) is 90.6 cm³/mol. The van der Waals surface area contributed by atoms with Crippen LogP contribution in [0.4, 0.5) is 10.1 Å². The maximum Gasteiger partial charge on any atom is 0.286 e. The van der Waals surface area contributed by atoms with Crippen LogP contribution in [0, 0.1) is 11.7 Å². The second-order valence-corrected chi connectivity index (χ2v) is 6.13. The van der Waals surface area contributed by atoms with Gasteiger partial charge in [0.05, 0.1) is 0 Å². The third-order valence-corrected chi connectivity index (χ3v) is 4.50. The number of nitrogens with two attached hydrogens (primary N) is 1. The first kappa shape index (κ1) is 15.4. The van der Waals surface area contributed by atoms with Gasteiger partial charge in [0.25, 0.3) is 5.91 Å². The SMILES string of the molecule is NC(=O)c1oc2ccccc2c1NC(=O)C1CC1c1ccccc1F. The van der Waals surface area contributed by atoms with Crippen LogP contribution in [0.2, 0.25) is 0 Å². The Hall–Kier alpha value is -3.15. The fourth-order valence-corrected chi connectivity index (χ4v) is 3.16. The molecule has 1 saturated carbocycles. The standard InChI is InChI=1S/C19H15FN2O3/c20-14-7-3-1-5-10(14)12-9-13(12)19(24)22-16-11-6-2-4-8-15(11)25-17(16)18(21)23/h1-8,12-13H,9H2,(H2,21,23)(H,22,24). The zero-order chi connectivity index (χ0) is 17.6. The summed E-state index contributed by atoms with van der Waals surface area (Å²) in [6.07, 6.45) is 0.564. The lowest BCUT2D eigenvalue weighted by atomic mass is 10.1. The molecule has 25 heavy (non-hydrogen) atoms. The Bertz CT molecular complexity index is 995. The lowest BCUT2D eigenvalue weighted by molar-refractivity contribution is -0.117. The summed E-state index contributed by atoms with van der Waals surface area (Å²) in [5.74, 6) is -1.93. The number of fused-ring (bicyclic) bond motifs is 1. The Morgan fingerprint density at radius 1 is 1.12 bits per heavy atom. The normalized spacial score (nSPS) is 18.9. The Morgan fingerprint density at radius 3 is 2.60 bits per heavy atom. The number of amides is 2. The lowest BCUT2D eigenvalue weighted by Crippen LogP contribution is -2.18. The second kappa shape index (κ2) is 5.73. The molecule has 5 nitrogen and oxygen atoms in total. The number of carbonyl (C=O) groups is 2. The molecule has 0 saturated heterocycles. The van der Waals surface area contributed by atoms with Gasteiger partial charge in [0.15, 0.2) is 0 Å². The minimum Gasteiger partial charge on any atom is -0.449 e. The molecule has 3 N–H and O–H groups in total. The molecule has 0 radical (unpaired) electrons. The summed E-state index contributed by atoms with van der Waals surface area (Å²) in [5, 5.41) is 3.34. The van der Waals surface area contributed by atoms with Crippen LogP contribution in [0.25, 0.3) is 11.0 Å². The molecule has 2 atom stereocenters. The van der Waals surface area contributed by atoms with Crippen LogP contribution in [0.3, 0.4) is 0 Å². The number of hydrogen-bond acceptors (Lipinski definition) is 3. The van der Waals surface area contributed by atoms with Crippen molar-refractivity contribution < 1.29 is 18.4 Å². The van der Waals surface area contributed by atoms with E-state index in [4.69, 9.17) is 10.2 Å². The number of nitrogens with one attached hydrogen (secondary N) is 1. The predicted octanol–water partition coefficient (Wildman–Crippen LogP) is 3.41. The summed E-state index contributed by atoms with van der Waals surface area (Å²) >= 11 is 0. The van der Waals surface area contributed by atoms with E-state index >= 15 is 0 Å². The molecule has 2 unspecified atom stereocenters. The number of primary amides is 1. The lowest BCUT2D eigenvalue weighted by Gasteiger charge is -2.05. The first-order chi connectivity index (χ1) is 12.1. The third-order valence-electron chi connectivity index (χ3n) is 4.50. The summed E-state index contributed by atoms with van der Waals surface area (Å²) in [6, 6.07) is 13.4. The summed E-state index contributed by atoms with van der Waals surface area (Å²) in [4.78, 5) is 24.2. The van der Waals surface area contributed by atoms with E-state index in [1.165, 1.54) is 6.07 Å². The average molecular weight is 338 g/mol. The van der Waals surface area contributed by atoms with Crippen molar-refractivity contribution in [1.82, 2.24) is 0 Å². The summed E-state index contributed by atoms with van der Waals surface area (Å²) in [7, 11) is 0. The van der Waals surface area contributed by atoms with Crippen molar-refractivity contribution in [2.75, 3.05) is 5.32 Å². The molecule has 1 aromatic heterocycles. The Balaban J connectivity index is 1.60. The number of benzene rings is 2. The summed E-state index contributed by atoms with van der Waals surface area (Å²) < 4.78 is 19.3. The molecule has 2 aromatic carbocycles. The first-order valence-electron chi connectivity index (χ1n) is 7.93. The van der Waals surface area contributed by atoms with Crippen LogP contribution in [0.15, 0.2) is 52.9 Å². The largest absolute Gasteiger partial charge is 0.449 e. The monoisotopic (exact) mass is 338 g/mol. The van der Waals surface area contributed by atoms with E-state index in [9.17, 15) is 14.0 Å². The molecule has 0 aliphatic heterocycles. The van der Waals surface area contributed by atoms with Crippen molar-refractivity contribution >= 4 is 28.5 Å². The number of furan rings is 1. The number of halogens is 1. The van der Waals surface area contributed by atoms with Gasteiger partial charge in [-0.1, -0.05) is 30.3 Å². The van der Waals surface area contributed by atoms with Gasteiger partial charge in [-0.25, -0.2) is 4.39 Å². The van der Waals surface area contributed by atoms with E-state index in [2.05, 4.69) is 5.32 Å². The zero-order valence-electron chi connectivity index (χ0n) is 13.2. The Morgan fingerprint density at radius 2 is 1.84 bits per heavy atom. The van der Waals surface area contributed by atoms with Gasteiger partial charge in [-0.05, 0) is 36.1 Å². The van der Waals surface area contributed by atoms with E-state index in [0.29, 0.717) is 23.0 Å².